The summed E-state index contributed by atoms with van der Waals surface area (Å²) in [4.78, 5) is 0.165. The van der Waals surface area contributed by atoms with E-state index in [1.54, 1.807) is 31.2 Å². The van der Waals surface area contributed by atoms with Crippen LogP contribution in [0, 0.1) is 6.92 Å². The molecule has 2 N–H and O–H groups in total. The van der Waals surface area contributed by atoms with Crippen molar-refractivity contribution < 1.29 is 13.5 Å². The van der Waals surface area contributed by atoms with E-state index in [0.717, 1.165) is 4.47 Å². The molecular formula is C13H12BrNO3S. The fourth-order valence-electron chi connectivity index (χ4n) is 1.55. The second-order valence-corrected chi connectivity index (χ2v) is 6.61. The second kappa shape index (κ2) is 5.22. The standard InChI is InChI=1S/C13H12BrNO3S/c1-9-12(3-2-4-13(9)16)15-19(17,18)11-7-5-10(14)6-8-11/h2-8,15-16H,1H3. The normalized spacial score (nSPS) is 11.3. The molecular weight excluding hydrogens is 330 g/mol. The number of hydrogen-bond donors (Lipinski definition) is 2. The minimum atomic E-state index is -3.65. The maximum atomic E-state index is 12.2. The van der Waals surface area contributed by atoms with Crippen molar-refractivity contribution in [2.75, 3.05) is 4.72 Å². The molecule has 2 rings (SSSR count). The number of hydrogen-bond acceptors (Lipinski definition) is 3. The Labute approximate surface area is 120 Å². The zero-order chi connectivity index (χ0) is 14.0. The Bertz CT molecular complexity index is 696. The van der Waals surface area contributed by atoms with Crippen molar-refractivity contribution >= 4 is 31.6 Å². The maximum Gasteiger partial charge on any atom is 0.261 e. The Morgan fingerprint density at radius 2 is 1.74 bits per heavy atom. The molecule has 0 amide bonds. The van der Waals surface area contributed by atoms with Crippen LogP contribution >= 0.6 is 15.9 Å². The van der Waals surface area contributed by atoms with Crippen molar-refractivity contribution in [2.24, 2.45) is 0 Å². The number of phenols is 1. The number of halogens is 1. The van der Waals surface area contributed by atoms with Gasteiger partial charge in [0.25, 0.3) is 10.0 Å². The summed E-state index contributed by atoms with van der Waals surface area (Å²) in [5.74, 6) is 0.0519. The lowest BCUT2D eigenvalue weighted by molar-refractivity contribution is 0.471. The van der Waals surface area contributed by atoms with Crippen molar-refractivity contribution in [3.05, 3.63) is 52.5 Å². The molecule has 0 aliphatic carbocycles. The molecule has 0 aliphatic heterocycles. The predicted molar refractivity (Wildman–Crippen MR) is 77.8 cm³/mol. The van der Waals surface area contributed by atoms with Crippen LogP contribution < -0.4 is 4.72 Å². The third-order valence-corrected chi connectivity index (χ3v) is 4.58. The van der Waals surface area contributed by atoms with Crippen molar-refractivity contribution in [1.82, 2.24) is 0 Å². The summed E-state index contributed by atoms with van der Waals surface area (Å²) in [5, 5.41) is 9.56. The number of sulfonamides is 1. The van der Waals surface area contributed by atoms with Crippen LogP contribution in [0.1, 0.15) is 5.56 Å². The van der Waals surface area contributed by atoms with Crippen LogP contribution in [-0.2, 0) is 10.0 Å². The van der Waals surface area contributed by atoms with Gasteiger partial charge in [-0.05, 0) is 43.3 Å². The summed E-state index contributed by atoms with van der Waals surface area (Å²) in [6, 6.07) is 11.0. The van der Waals surface area contributed by atoms with E-state index in [-0.39, 0.29) is 10.6 Å². The van der Waals surface area contributed by atoms with Crippen molar-refractivity contribution in [1.29, 1.82) is 0 Å². The Kier molecular flexibility index (Phi) is 3.82. The summed E-state index contributed by atoms with van der Waals surface area (Å²) < 4.78 is 27.6. The Morgan fingerprint density at radius 1 is 1.11 bits per heavy atom. The number of nitrogens with one attached hydrogen (secondary N) is 1. The topological polar surface area (TPSA) is 66.4 Å². The molecule has 4 nitrogen and oxygen atoms in total. The van der Waals surface area contributed by atoms with E-state index >= 15 is 0 Å². The zero-order valence-electron chi connectivity index (χ0n) is 10.1. The summed E-state index contributed by atoms with van der Waals surface area (Å²) in [6.07, 6.45) is 0. The molecule has 0 radical (unpaired) electrons. The van der Waals surface area contributed by atoms with Crippen molar-refractivity contribution in [2.45, 2.75) is 11.8 Å². The van der Waals surface area contributed by atoms with E-state index in [9.17, 15) is 13.5 Å². The number of aromatic hydroxyl groups is 1. The Hall–Kier alpha value is -1.53. The fourth-order valence-corrected chi connectivity index (χ4v) is 2.94. The maximum absolute atomic E-state index is 12.2. The number of phenolic OH excluding ortho intramolecular Hbond substituents is 1. The van der Waals surface area contributed by atoms with Crippen LogP contribution in [-0.4, -0.2) is 13.5 Å². The molecule has 19 heavy (non-hydrogen) atoms. The van der Waals surface area contributed by atoms with Crippen LogP contribution in [0.5, 0.6) is 5.75 Å². The highest BCUT2D eigenvalue weighted by Crippen LogP contribution is 2.26. The highest BCUT2D eigenvalue weighted by atomic mass is 79.9. The van der Waals surface area contributed by atoms with E-state index in [4.69, 9.17) is 0 Å². The van der Waals surface area contributed by atoms with Gasteiger partial charge in [-0.15, -0.1) is 0 Å². The van der Waals surface area contributed by atoms with Gasteiger partial charge in [0, 0.05) is 10.0 Å². The summed E-state index contributed by atoms with van der Waals surface area (Å²) in [5.41, 5.74) is 0.853. The molecule has 0 spiro atoms. The average Bonchev–Trinajstić information content (AvgIpc) is 2.35. The molecule has 0 unspecified atom stereocenters. The van der Waals surface area contributed by atoms with Gasteiger partial charge in [0.15, 0.2) is 0 Å². The predicted octanol–water partition coefficient (Wildman–Crippen LogP) is 3.26. The third kappa shape index (κ3) is 3.08. The quantitative estimate of drug-likeness (QED) is 0.900. The highest BCUT2D eigenvalue weighted by Gasteiger charge is 2.15. The molecule has 100 valence electrons. The minimum absolute atomic E-state index is 0.0519. The SMILES string of the molecule is Cc1c(O)cccc1NS(=O)(=O)c1ccc(Br)cc1. The molecule has 0 aliphatic rings. The first-order valence-corrected chi connectivity index (χ1v) is 7.75. The van der Waals surface area contributed by atoms with E-state index in [1.807, 2.05) is 0 Å². The monoisotopic (exact) mass is 341 g/mol. The number of benzene rings is 2. The van der Waals surface area contributed by atoms with Gasteiger partial charge >= 0.3 is 0 Å². The van der Waals surface area contributed by atoms with E-state index < -0.39 is 10.0 Å². The summed E-state index contributed by atoms with van der Waals surface area (Å²) >= 11 is 3.25. The van der Waals surface area contributed by atoms with Gasteiger partial charge in [-0.3, -0.25) is 4.72 Å². The molecule has 2 aromatic rings. The first-order chi connectivity index (χ1) is 8.90. The number of anilines is 1. The van der Waals surface area contributed by atoms with Gasteiger partial charge in [0.1, 0.15) is 5.75 Å². The first-order valence-electron chi connectivity index (χ1n) is 5.47. The van der Waals surface area contributed by atoms with Crippen LogP contribution in [0.15, 0.2) is 51.8 Å². The molecule has 0 bridgehead atoms. The largest absolute Gasteiger partial charge is 0.508 e. The van der Waals surface area contributed by atoms with Crippen LogP contribution in [0.4, 0.5) is 5.69 Å². The lowest BCUT2D eigenvalue weighted by atomic mass is 10.2. The van der Waals surface area contributed by atoms with Crippen molar-refractivity contribution in [3.8, 4) is 5.75 Å². The zero-order valence-corrected chi connectivity index (χ0v) is 12.5. The number of rotatable bonds is 3. The molecule has 2 aromatic carbocycles. The van der Waals surface area contributed by atoms with Crippen LogP contribution in [0.2, 0.25) is 0 Å². The molecule has 6 heteroatoms. The third-order valence-electron chi connectivity index (χ3n) is 2.67. The van der Waals surface area contributed by atoms with Gasteiger partial charge in [-0.1, -0.05) is 22.0 Å². The molecule has 0 heterocycles. The fraction of sp³-hybridized carbons (Fsp3) is 0.0769. The van der Waals surface area contributed by atoms with Gasteiger partial charge in [-0.2, -0.15) is 0 Å². The second-order valence-electron chi connectivity index (χ2n) is 4.01. The van der Waals surface area contributed by atoms with Gasteiger partial charge in [0.05, 0.1) is 10.6 Å². The van der Waals surface area contributed by atoms with Gasteiger partial charge in [0.2, 0.25) is 0 Å². The van der Waals surface area contributed by atoms with Crippen LogP contribution in [0.3, 0.4) is 0 Å². The highest BCUT2D eigenvalue weighted by molar-refractivity contribution is 9.10. The summed E-state index contributed by atoms with van der Waals surface area (Å²) in [7, 11) is -3.65. The Morgan fingerprint density at radius 3 is 2.37 bits per heavy atom. The van der Waals surface area contributed by atoms with E-state index in [0.29, 0.717) is 11.3 Å². The van der Waals surface area contributed by atoms with Gasteiger partial charge < -0.3 is 5.11 Å². The molecule has 0 saturated heterocycles. The molecule has 0 fully saturated rings. The lowest BCUT2D eigenvalue weighted by Crippen LogP contribution is -2.13. The van der Waals surface area contributed by atoms with Gasteiger partial charge in [-0.25, -0.2) is 8.42 Å². The molecule has 0 aromatic heterocycles. The first kappa shape index (κ1) is 13.9. The smallest absolute Gasteiger partial charge is 0.261 e. The minimum Gasteiger partial charge on any atom is -0.508 e. The molecule has 0 atom stereocenters. The van der Waals surface area contributed by atoms with E-state index in [1.165, 1.54) is 18.2 Å². The summed E-state index contributed by atoms with van der Waals surface area (Å²) in [6.45, 7) is 1.65. The van der Waals surface area contributed by atoms with Crippen molar-refractivity contribution in [3.63, 3.8) is 0 Å². The average molecular weight is 342 g/mol. The Balaban J connectivity index is 2.36. The van der Waals surface area contributed by atoms with E-state index in [2.05, 4.69) is 20.7 Å². The molecule has 0 saturated carbocycles. The van der Waals surface area contributed by atoms with Crippen LogP contribution in [0.25, 0.3) is 0 Å². The lowest BCUT2D eigenvalue weighted by Gasteiger charge is -2.11.